The third-order valence-corrected chi connectivity index (χ3v) is 3.63. The molecule has 0 radical (unpaired) electrons. The second-order valence-electron chi connectivity index (χ2n) is 5.29. The fraction of sp³-hybridized carbons (Fsp3) is 0.375. The van der Waals surface area contributed by atoms with Gasteiger partial charge < -0.3 is 15.7 Å². The number of carbonyl (C=O) groups is 1. The van der Waals surface area contributed by atoms with Gasteiger partial charge in [0.25, 0.3) is 0 Å². The largest absolute Gasteiger partial charge is 0.387 e. The second-order valence-corrected chi connectivity index (χ2v) is 5.29. The molecule has 0 aliphatic heterocycles. The van der Waals surface area contributed by atoms with Gasteiger partial charge in [0.15, 0.2) is 0 Å². The highest BCUT2D eigenvalue weighted by molar-refractivity contribution is 5.83. The van der Waals surface area contributed by atoms with Crippen molar-refractivity contribution in [1.82, 2.24) is 20.4 Å². The molecule has 1 aromatic carbocycles. The van der Waals surface area contributed by atoms with E-state index in [9.17, 15) is 9.90 Å². The van der Waals surface area contributed by atoms with Gasteiger partial charge in [0.1, 0.15) is 6.04 Å². The average molecular weight is 302 g/mol. The van der Waals surface area contributed by atoms with Gasteiger partial charge >= 0.3 is 0 Å². The van der Waals surface area contributed by atoms with E-state index in [2.05, 4.69) is 15.7 Å². The lowest BCUT2D eigenvalue weighted by molar-refractivity contribution is -0.123. The fourth-order valence-electron chi connectivity index (χ4n) is 2.41. The molecule has 0 spiro atoms. The number of aliphatic hydroxyl groups excluding tert-OH is 1. The van der Waals surface area contributed by atoms with E-state index in [1.807, 2.05) is 31.2 Å². The molecule has 0 saturated carbocycles. The highest BCUT2D eigenvalue weighted by Gasteiger charge is 2.21. The summed E-state index contributed by atoms with van der Waals surface area (Å²) in [4.78, 5) is 12.3. The molecule has 6 heteroatoms. The number of likely N-dealkylation sites (N-methyl/N-ethyl adjacent to an activating group) is 1. The first kappa shape index (κ1) is 16.2. The van der Waals surface area contributed by atoms with Gasteiger partial charge in [-0.3, -0.25) is 9.48 Å². The van der Waals surface area contributed by atoms with Crippen LogP contribution in [0.4, 0.5) is 0 Å². The van der Waals surface area contributed by atoms with E-state index < -0.39 is 12.1 Å². The number of aliphatic hydroxyl groups is 1. The Morgan fingerprint density at radius 3 is 2.73 bits per heavy atom. The van der Waals surface area contributed by atoms with Crippen molar-refractivity contribution in [1.29, 1.82) is 0 Å². The van der Waals surface area contributed by atoms with Crippen LogP contribution < -0.4 is 10.6 Å². The summed E-state index contributed by atoms with van der Waals surface area (Å²) in [5.41, 5.74) is 2.61. The van der Waals surface area contributed by atoms with E-state index in [4.69, 9.17) is 0 Å². The van der Waals surface area contributed by atoms with Crippen molar-refractivity contribution >= 4 is 5.91 Å². The summed E-state index contributed by atoms with van der Waals surface area (Å²) < 4.78 is 1.65. The monoisotopic (exact) mass is 302 g/mol. The number of nitrogens with zero attached hydrogens (tertiary/aromatic N) is 2. The Balaban J connectivity index is 1.98. The molecule has 2 aromatic rings. The first-order chi connectivity index (χ1) is 10.5. The number of amides is 1. The van der Waals surface area contributed by atoms with Crippen molar-refractivity contribution in [3.8, 4) is 0 Å². The molecule has 3 N–H and O–H groups in total. The third kappa shape index (κ3) is 3.72. The molecule has 0 bridgehead atoms. The number of aromatic nitrogens is 2. The van der Waals surface area contributed by atoms with Gasteiger partial charge in [-0.15, -0.1) is 0 Å². The van der Waals surface area contributed by atoms with Gasteiger partial charge in [0.05, 0.1) is 12.3 Å². The number of hydrogen-bond acceptors (Lipinski definition) is 4. The Morgan fingerprint density at radius 1 is 1.41 bits per heavy atom. The normalized spacial score (nSPS) is 13.6. The van der Waals surface area contributed by atoms with Gasteiger partial charge in [-0.25, -0.2) is 0 Å². The van der Waals surface area contributed by atoms with E-state index >= 15 is 0 Å². The van der Waals surface area contributed by atoms with Crippen molar-refractivity contribution in [3.05, 3.63) is 53.3 Å². The second kappa shape index (κ2) is 7.20. The van der Waals surface area contributed by atoms with Crippen LogP contribution in [0.15, 0.2) is 36.7 Å². The van der Waals surface area contributed by atoms with Crippen LogP contribution in [-0.4, -0.2) is 34.4 Å². The lowest BCUT2D eigenvalue weighted by atomic mass is 10.0. The van der Waals surface area contributed by atoms with Gasteiger partial charge in [0.2, 0.25) is 5.91 Å². The summed E-state index contributed by atoms with van der Waals surface area (Å²) in [6.45, 7) is 2.11. The Morgan fingerprint density at radius 2 is 2.14 bits per heavy atom. The summed E-state index contributed by atoms with van der Waals surface area (Å²) >= 11 is 0. The third-order valence-electron chi connectivity index (χ3n) is 3.63. The number of benzene rings is 1. The molecule has 22 heavy (non-hydrogen) atoms. The zero-order valence-corrected chi connectivity index (χ0v) is 13.1. The molecule has 0 aliphatic carbocycles. The van der Waals surface area contributed by atoms with Crippen LogP contribution in [0.1, 0.15) is 28.8 Å². The minimum absolute atomic E-state index is 0.169. The van der Waals surface area contributed by atoms with E-state index in [1.165, 1.54) is 0 Å². The smallest absolute Gasteiger partial charge is 0.241 e. The predicted octanol–water partition coefficient (Wildman–Crippen LogP) is 0.839. The van der Waals surface area contributed by atoms with Gasteiger partial charge in [0, 0.05) is 25.4 Å². The van der Waals surface area contributed by atoms with E-state index in [1.54, 1.807) is 31.2 Å². The molecule has 2 atom stereocenters. The number of hydrogen-bond donors (Lipinski definition) is 3. The number of nitrogens with one attached hydrogen (secondary N) is 2. The highest BCUT2D eigenvalue weighted by Crippen LogP contribution is 2.17. The van der Waals surface area contributed by atoms with Crippen LogP contribution >= 0.6 is 0 Å². The number of carbonyl (C=O) groups excluding carboxylic acids is 1. The average Bonchev–Trinajstić information content (AvgIpc) is 2.92. The van der Waals surface area contributed by atoms with Crippen LogP contribution in [0, 0.1) is 6.92 Å². The molecule has 0 fully saturated rings. The maximum Gasteiger partial charge on any atom is 0.241 e. The first-order valence-electron chi connectivity index (χ1n) is 7.20. The summed E-state index contributed by atoms with van der Waals surface area (Å²) in [7, 11) is 3.52. The summed E-state index contributed by atoms with van der Waals surface area (Å²) in [6.07, 6.45) is 2.72. The summed E-state index contributed by atoms with van der Waals surface area (Å²) in [5, 5.41) is 20.0. The Bertz CT molecular complexity index is 639. The highest BCUT2D eigenvalue weighted by atomic mass is 16.3. The molecule has 0 aliphatic rings. The molecule has 2 rings (SSSR count). The van der Waals surface area contributed by atoms with Crippen molar-refractivity contribution in [2.24, 2.45) is 7.05 Å². The Kier molecular flexibility index (Phi) is 5.30. The van der Waals surface area contributed by atoms with E-state index in [0.29, 0.717) is 0 Å². The standard InChI is InChI=1S/C16H22N4O2/c1-11-6-4-5-7-13(11)14(21)9-18-16(22)15(17-2)12-8-19-20(3)10-12/h4-8,10,14-15,17,21H,9H2,1-3H3,(H,18,22). The van der Waals surface area contributed by atoms with Crippen molar-refractivity contribution in [2.75, 3.05) is 13.6 Å². The summed E-state index contributed by atoms with van der Waals surface area (Å²) in [5.74, 6) is -0.192. The lowest BCUT2D eigenvalue weighted by Gasteiger charge is -2.18. The van der Waals surface area contributed by atoms with Crippen LogP contribution in [0.25, 0.3) is 0 Å². The maximum atomic E-state index is 12.3. The minimum atomic E-state index is -0.725. The van der Waals surface area contributed by atoms with Crippen molar-refractivity contribution in [3.63, 3.8) is 0 Å². The quantitative estimate of drug-likeness (QED) is 0.739. The topological polar surface area (TPSA) is 79.2 Å². The molecular weight excluding hydrogens is 280 g/mol. The van der Waals surface area contributed by atoms with Crippen LogP contribution in [0.5, 0.6) is 0 Å². The molecule has 1 aromatic heterocycles. The van der Waals surface area contributed by atoms with Gasteiger partial charge in [-0.2, -0.15) is 5.10 Å². The fourth-order valence-corrected chi connectivity index (χ4v) is 2.41. The van der Waals surface area contributed by atoms with Gasteiger partial charge in [-0.1, -0.05) is 24.3 Å². The molecule has 118 valence electrons. The number of rotatable bonds is 6. The van der Waals surface area contributed by atoms with Crippen LogP contribution in [0.2, 0.25) is 0 Å². The number of aryl methyl sites for hydroxylation is 2. The van der Waals surface area contributed by atoms with Crippen molar-refractivity contribution < 1.29 is 9.90 Å². The summed E-state index contributed by atoms with van der Waals surface area (Å²) in [6, 6.07) is 7.11. The Labute approximate surface area is 130 Å². The lowest BCUT2D eigenvalue weighted by Crippen LogP contribution is -2.38. The SMILES string of the molecule is CNC(C(=O)NCC(O)c1ccccc1C)c1cnn(C)c1. The van der Waals surface area contributed by atoms with E-state index in [0.717, 1.165) is 16.7 Å². The minimum Gasteiger partial charge on any atom is -0.387 e. The molecule has 6 nitrogen and oxygen atoms in total. The van der Waals surface area contributed by atoms with E-state index in [-0.39, 0.29) is 12.5 Å². The maximum absolute atomic E-state index is 12.3. The van der Waals surface area contributed by atoms with Crippen LogP contribution in [0.3, 0.4) is 0 Å². The zero-order chi connectivity index (χ0) is 16.1. The predicted molar refractivity (Wildman–Crippen MR) is 84.2 cm³/mol. The molecule has 0 saturated heterocycles. The zero-order valence-electron chi connectivity index (χ0n) is 13.1. The molecule has 2 unspecified atom stereocenters. The first-order valence-corrected chi connectivity index (χ1v) is 7.20. The van der Waals surface area contributed by atoms with Crippen LogP contribution in [-0.2, 0) is 11.8 Å². The molecular formula is C16H22N4O2. The Hall–Kier alpha value is -2.18. The molecule has 1 heterocycles. The molecule has 1 amide bonds. The van der Waals surface area contributed by atoms with Gasteiger partial charge in [-0.05, 0) is 25.1 Å². The van der Waals surface area contributed by atoms with Crippen molar-refractivity contribution in [2.45, 2.75) is 19.1 Å².